The van der Waals surface area contributed by atoms with E-state index >= 15 is 0 Å². The van der Waals surface area contributed by atoms with E-state index in [2.05, 4.69) is 4.98 Å². The Hall–Kier alpha value is -2.62. The molecule has 4 nitrogen and oxygen atoms in total. The molecule has 1 N–H and O–H groups in total. The molecule has 2 aromatic carbocycles. The number of para-hydroxylation sites is 1. The Morgan fingerprint density at radius 3 is 2.68 bits per heavy atom. The minimum atomic E-state index is -0.446. The average molecular weight is 253 g/mol. The lowest BCUT2D eigenvalue weighted by atomic mass is 10.1. The molecule has 0 saturated carbocycles. The van der Waals surface area contributed by atoms with Crippen LogP contribution in [0.25, 0.3) is 21.8 Å². The van der Waals surface area contributed by atoms with E-state index in [1.54, 1.807) is 12.1 Å². The van der Waals surface area contributed by atoms with E-state index in [4.69, 9.17) is 4.74 Å². The summed E-state index contributed by atoms with van der Waals surface area (Å²) in [6.07, 6.45) is 0.694. The van der Waals surface area contributed by atoms with Crippen LogP contribution in [0.1, 0.15) is 17.3 Å². The molecule has 19 heavy (non-hydrogen) atoms. The van der Waals surface area contributed by atoms with Crippen molar-refractivity contribution in [3.05, 3.63) is 42.0 Å². The van der Waals surface area contributed by atoms with Gasteiger partial charge in [0.1, 0.15) is 5.75 Å². The molecule has 0 spiro atoms. The van der Waals surface area contributed by atoms with Gasteiger partial charge in [-0.15, -0.1) is 0 Å². The quantitative estimate of drug-likeness (QED) is 0.434. The van der Waals surface area contributed by atoms with Gasteiger partial charge in [-0.3, -0.25) is 9.59 Å². The minimum absolute atomic E-state index is 0.279. The number of esters is 1. The number of carbonyl (C=O) groups is 2. The van der Waals surface area contributed by atoms with Gasteiger partial charge in [-0.05, 0) is 12.1 Å². The Labute approximate surface area is 109 Å². The summed E-state index contributed by atoms with van der Waals surface area (Å²) in [6.45, 7) is 1.31. The van der Waals surface area contributed by atoms with Crippen molar-refractivity contribution in [2.45, 2.75) is 6.92 Å². The zero-order chi connectivity index (χ0) is 13.4. The molecule has 1 aromatic heterocycles. The normalized spacial score (nSPS) is 10.8. The van der Waals surface area contributed by atoms with Crippen LogP contribution in [-0.2, 0) is 4.79 Å². The number of fused-ring (bicyclic) bond motifs is 3. The third-order valence-electron chi connectivity index (χ3n) is 3.02. The SMILES string of the molecule is CC(=O)Oc1cc2[nH]c3ccccc3c2cc1C=O. The third kappa shape index (κ3) is 1.87. The summed E-state index contributed by atoms with van der Waals surface area (Å²) in [4.78, 5) is 25.4. The van der Waals surface area contributed by atoms with Crippen LogP contribution < -0.4 is 4.74 Å². The van der Waals surface area contributed by atoms with Crippen molar-refractivity contribution in [3.8, 4) is 5.75 Å². The smallest absolute Gasteiger partial charge is 0.308 e. The summed E-state index contributed by atoms with van der Waals surface area (Å²) in [5.74, 6) is -0.167. The molecule has 0 radical (unpaired) electrons. The summed E-state index contributed by atoms with van der Waals surface area (Å²) in [6, 6.07) is 11.2. The van der Waals surface area contributed by atoms with Crippen molar-refractivity contribution in [3.63, 3.8) is 0 Å². The number of hydrogen-bond donors (Lipinski definition) is 1. The molecule has 0 atom stereocenters. The number of aldehydes is 1. The molecule has 0 fully saturated rings. The molecular formula is C15H11NO3. The molecule has 3 aromatic rings. The molecule has 0 aliphatic carbocycles. The number of H-pyrrole nitrogens is 1. The van der Waals surface area contributed by atoms with E-state index in [1.807, 2.05) is 24.3 Å². The van der Waals surface area contributed by atoms with Crippen LogP contribution in [0.2, 0.25) is 0 Å². The van der Waals surface area contributed by atoms with Crippen molar-refractivity contribution in [1.29, 1.82) is 0 Å². The predicted molar refractivity (Wildman–Crippen MR) is 72.5 cm³/mol. The second-order valence-electron chi connectivity index (χ2n) is 4.32. The van der Waals surface area contributed by atoms with Gasteiger partial charge in [-0.1, -0.05) is 18.2 Å². The number of carbonyl (C=O) groups excluding carboxylic acids is 2. The topological polar surface area (TPSA) is 59.2 Å². The fourth-order valence-corrected chi connectivity index (χ4v) is 2.23. The van der Waals surface area contributed by atoms with Crippen molar-refractivity contribution in [1.82, 2.24) is 4.98 Å². The van der Waals surface area contributed by atoms with Gasteiger partial charge in [0.25, 0.3) is 0 Å². The fraction of sp³-hybridized carbons (Fsp3) is 0.0667. The van der Waals surface area contributed by atoms with Gasteiger partial charge in [-0.25, -0.2) is 0 Å². The maximum Gasteiger partial charge on any atom is 0.308 e. The summed E-state index contributed by atoms with van der Waals surface area (Å²) < 4.78 is 5.05. The van der Waals surface area contributed by atoms with Crippen LogP contribution >= 0.6 is 0 Å². The van der Waals surface area contributed by atoms with Crippen molar-refractivity contribution >= 4 is 34.1 Å². The van der Waals surface area contributed by atoms with E-state index in [0.717, 1.165) is 21.8 Å². The molecule has 1 heterocycles. The van der Waals surface area contributed by atoms with Gasteiger partial charge in [-0.2, -0.15) is 0 Å². The van der Waals surface area contributed by atoms with Gasteiger partial charge < -0.3 is 9.72 Å². The lowest BCUT2D eigenvalue weighted by Crippen LogP contribution is -2.03. The van der Waals surface area contributed by atoms with Crippen LogP contribution in [0.4, 0.5) is 0 Å². The Morgan fingerprint density at radius 1 is 1.16 bits per heavy atom. The lowest BCUT2D eigenvalue weighted by Gasteiger charge is -2.04. The highest BCUT2D eigenvalue weighted by Gasteiger charge is 2.11. The molecule has 3 rings (SSSR count). The van der Waals surface area contributed by atoms with E-state index in [9.17, 15) is 9.59 Å². The van der Waals surface area contributed by atoms with Crippen molar-refractivity contribution < 1.29 is 14.3 Å². The van der Waals surface area contributed by atoms with Crippen LogP contribution in [0.5, 0.6) is 5.75 Å². The highest BCUT2D eigenvalue weighted by atomic mass is 16.5. The molecule has 0 bridgehead atoms. The maximum atomic E-state index is 11.1. The maximum absolute atomic E-state index is 11.1. The van der Waals surface area contributed by atoms with E-state index in [-0.39, 0.29) is 5.75 Å². The van der Waals surface area contributed by atoms with Gasteiger partial charge in [0.2, 0.25) is 0 Å². The van der Waals surface area contributed by atoms with E-state index < -0.39 is 5.97 Å². The van der Waals surface area contributed by atoms with Gasteiger partial charge in [0.05, 0.1) is 11.1 Å². The molecular weight excluding hydrogens is 242 g/mol. The zero-order valence-corrected chi connectivity index (χ0v) is 10.3. The first kappa shape index (κ1) is 11.5. The van der Waals surface area contributed by atoms with Crippen molar-refractivity contribution in [2.75, 3.05) is 0 Å². The van der Waals surface area contributed by atoms with Gasteiger partial charge >= 0.3 is 5.97 Å². The standard InChI is InChI=1S/C15H11NO3/c1-9(18)19-15-7-14-12(6-10(15)8-17)11-4-2-3-5-13(11)16-14/h2-8,16H,1H3. The monoisotopic (exact) mass is 253 g/mol. The molecule has 0 saturated heterocycles. The molecule has 0 aliphatic rings. The number of hydrogen-bond acceptors (Lipinski definition) is 3. The third-order valence-corrected chi connectivity index (χ3v) is 3.02. The Morgan fingerprint density at radius 2 is 1.95 bits per heavy atom. The first-order valence-corrected chi connectivity index (χ1v) is 5.87. The predicted octanol–water partition coefficient (Wildman–Crippen LogP) is 3.06. The summed E-state index contributed by atoms with van der Waals surface area (Å²) in [5.41, 5.74) is 2.19. The molecule has 0 amide bonds. The largest absolute Gasteiger partial charge is 0.426 e. The lowest BCUT2D eigenvalue weighted by molar-refractivity contribution is -0.131. The number of benzene rings is 2. The Bertz CT molecular complexity index is 802. The number of ether oxygens (including phenoxy) is 1. The van der Waals surface area contributed by atoms with Crippen LogP contribution in [0, 0.1) is 0 Å². The first-order chi connectivity index (χ1) is 9.19. The molecule has 0 aliphatic heterocycles. The Kier molecular flexibility index (Phi) is 2.56. The van der Waals surface area contributed by atoms with Crippen LogP contribution in [-0.4, -0.2) is 17.2 Å². The second kappa shape index (κ2) is 4.24. The zero-order valence-electron chi connectivity index (χ0n) is 10.3. The van der Waals surface area contributed by atoms with Crippen LogP contribution in [0.3, 0.4) is 0 Å². The molecule has 4 heteroatoms. The fourth-order valence-electron chi connectivity index (χ4n) is 2.23. The Balaban J connectivity index is 2.33. The van der Waals surface area contributed by atoms with Crippen LogP contribution in [0.15, 0.2) is 36.4 Å². The number of aromatic amines is 1. The van der Waals surface area contributed by atoms with E-state index in [0.29, 0.717) is 11.8 Å². The summed E-state index contributed by atoms with van der Waals surface area (Å²) >= 11 is 0. The highest BCUT2D eigenvalue weighted by molar-refractivity contribution is 6.09. The number of aromatic nitrogens is 1. The molecule has 0 unspecified atom stereocenters. The first-order valence-electron chi connectivity index (χ1n) is 5.87. The van der Waals surface area contributed by atoms with Gasteiger partial charge in [0.15, 0.2) is 6.29 Å². The number of rotatable bonds is 2. The molecule has 94 valence electrons. The van der Waals surface area contributed by atoms with E-state index in [1.165, 1.54) is 6.92 Å². The highest BCUT2D eigenvalue weighted by Crippen LogP contribution is 2.30. The van der Waals surface area contributed by atoms with Gasteiger partial charge in [0, 0.05) is 29.3 Å². The summed E-state index contributed by atoms with van der Waals surface area (Å²) in [7, 11) is 0. The second-order valence-corrected chi connectivity index (χ2v) is 4.32. The average Bonchev–Trinajstić information content (AvgIpc) is 2.74. The number of nitrogens with one attached hydrogen (secondary N) is 1. The summed E-state index contributed by atoms with van der Waals surface area (Å²) in [5, 5.41) is 1.98. The minimum Gasteiger partial charge on any atom is -0.426 e. The van der Waals surface area contributed by atoms with Crippen molar-refractivity contribution in [2.24, 2.45) is 0 Å².